The fourth-order valence-electron chi connectivity index (χ4n) is 3.79. The topological polar surface area (TPSA) is 113 Å². The zero-order valence-corrected chi connectivity index (χ0v) is 21.7. The fourth-order valence-corrected chi connectivity index (χ4v) is 5.38. The number of sulfonamides is 1. The molecule has 1 aliphatic rings. The molecule has 3 heterocycles. The zero-order valence-electron chi connectivity index (χ0n) is 18.6. The molecule has 36 heavy (non-hydrogen) atoms. The van der Waals surface area contributed by atoms with Gasteiger partial charge in [0.05, 0.1) is 20.0 Å². The first-order chi connectivity index (χ1) is 17.3. The van der Waals surface area contributed by atoms with Gasteiger partial charge in [-0.25, -0.2) is 13.4 Å². The summed E-state index contributed by atoms with van der Waals surface area (Å²) in [6.07, 6.45) is 3.30. The summed E-state index contributed by atoms with van der Waals surface area (Å²) in [7, 11) is -4.02. The number of pyridine rings is 1. The van der Waals surface area contributed by atoms with Gasteiger partial charge in [0.25, 0.3) is 10.0 Å². The predicted octanol–water partition coefficient (Wildman–Crippen LogP) is 5.71. The van der Waals surface area contributed by atoms with E-state index in [0.717, 1.165) is 36.5 Å². The normalized spacial score (nSPS) is 13.4. The number of aromatic nitrogens is 4. The van der Waals surface area contributed by atoms with Gasteiger partial charge in [-0.05, 0) is 54.8 Å². The van der Waals surface area contributed by atoms with E-state index in [2.05, 4.69) is 30.0 Å². The van der Waals surface area contributed by atoms with E-state index in [0.29, 0.717) is 12.3 Å². The molecular formula is C23H19Cl3N6O3S. The maximum absolute atomic E-state index is 12.9. The molecule has 0 saturated heterocycles. The average molecular weight is 566 g/mol. The van der Waals surface area contributed by atoms with Crippen LogP contribution in [0, 0.1) is 0 Å². The largest absolute Gasteiger partial charge is 0.437 e. The average Bonchev–Trinajstić information content (AvgIpc) is 3.33. The smallest absolute Gasteiger partial charge is 0.262 e. The van der Waals surface area contributed by atoms with E-state index in [9.17, 15) is 8.42 Å². The number of benzene rings is 2. The van der Waals surface area contributed by atoms with Crippen molar-refractivity contribution in [2.75, 3.05) is 16.2 Å². The Balaban J connectivity index is 1.33. The van der Waals surface area contributed by atoms with Gasteiger partial charge in [0, 0.05) is 19.3 Å². The van der Waals surface area contributed by atoms with E-state index >= 15 is 0 Å². The Morgan fingerprint density at radius 1 is 1.03 bits per heavy atom. The van der Waals surface area contributed by atoms with Gasteiger partial charge in [-0.15, -0.1) is 5.10 Å². The highest BCUT2D eigenvalue weighted by Gasteiger charge is 2.22. The van der Waals surface area contributed by atoms with E-state index < -0.39 is 10.0 Å². The van der Waals surface area contributed by atoms with Gasteiger partial charge in [0.15, 0.2) is 5.82 Å². The lowest BCUT2D eigenvalue weighted by molar-refractivity contribution is 0.465. The summed E-state index contributed by atoms with van der Waals surface area (Å²) in [4.78, 5) is 6.27. The van der Waals surface area contributed by atoms with E-state index in [1.54, 1.807) is 12.1 Å². The second kappa shape index (κ2) is 10.1. The Labute approximate surface area is 222 Å². The summed E-state index contributed by atoms with van der Waals surface area (Å²) in [5.41, 5.74) is 2.11. The number of fused-ring (bicyclic) bond motifs is 1. The van der Waals surface area contributed by atoms with Crippen LogP contribution in [-0.4, -0.2) is 35.4 Å². The molecular weight excluding hydrogens is 547 g/mol. The van der Waals surface area contributed by atoms with Crippen molar-refractivity contribution < 1.29 is 13.2 Å². The van der Waals surface area contributed by atoms with E-state index in [1.165, 1.54) is 30.5 Å². The Morgan fingerprint density at radius 3 is 2.61 bits per heavy atom. The molecule has 0 atom stereocenters. The fraction of sp³-hybridized carbons (Fsp3) is 0.174. The molecule has 0 saturated carbocycles. The molecule has 2 N–H and O–H groups in total. The summed E-state index contributed by atoms with van der Waals surface area (Å²) in [6, 6.07) is 12.9. The highest BCUT2D eigenvalue weighted by Crippen LogP contribution is 2.33. The first kappa shape index (κ1) is 24.6. The molecule has 0 radical (unpaired) electrons. The lowest BCUT2D eigenvalue weighted by atomic mass is 10.1. The van der Waals surface area contributed by atoms with Crippen molar-refractivity contribution in [3.8, 4) is 11.6 Å². The van der Waals surface area contributed by atoms with Crippen LogP contribution in [0.1, 0.15) is 17.7 Å². The monoisotopic (exact) mass is 564 g/mol. The minimum Gasteiger partial charge on any atom is -0.437 e. The molecule has 13 heteroatoms. The third-order valence-corrected chi connectivity index (χ3v) is 7.82. The van der Waals surface area contributed by atoms with Crippen LogP contribution in [0.3, 0.4) is 0 Å². The molecule has 0 fully saturated rings. The molecule has 0 amide bonds. The summed E-state index contributed by atoms with van der Waals surface area (Å²) in [5.74, 6) is 1.40. The second-order valence-electron chi connectivity index (χ2n) is 8.05. The highest BCUT2D eigenvalue weighted by atomic mass is 35.5. The van der Waals surface area contributed by atoms with Crippen molar-refractivity contribution in [3.63, 3.8) is 0 Å². The number of halogens is 3. The van der Waals surface area contributed by atoms with Crippen molar-refractivity contribution in [3.05, 3.63) is 81.1 Å². The Hall–Kier alpha value is -3.05. The van der Waals surface area contributed by atoms with Crippen molar-refractivity contribution in [1.29, 1.82) is 0 Å². The Bertz CT molecular complexity index is 1510. The van der Waals surface area contributed by atoms with Gasteiger partial charge < -0.3 is 9.64 Å². The zero-order chi connectivity index (χ0) is 25.3. The third kappa shape index (κ3) is 5.36. The van der Waals surface area contributed by atoms with Crippen molar-refractivity contribution in [2.45, 2.75) is 24.3 Å². The number of anilines is 2. The van der Waals surface area contributed by atoms with Gasteiger partial charge in [-0.3, -0.25) is 4.72 Å². The van der Waals surface area contributed by atoms with Crippen LogP contribution < -0.4 is 14.4 Å². The SMILES string of the molecule is O=S(=O)(Nc1cc(Cl)cnc1Oc1ccc(CN2CCCc3n[nH]nc32)cc1)c1ccc(Cl)c(Cl)c1. The minimum atomic E-state index is -4.02. The number of nitrogens with zero attached hydrogens (tertiary/aromatic N) is 4. The molecule has 5 rings (SSSR count). The van der Waals surface area contributed by atoms with Gasteiger partial charge in [0.2, 0.25) is 5.88 Å². The van der Waals surface area contributed by atoms with Crippen LogP contribution >= 0.6 is 34.8 Å². The van der Waals surface area contributed by atoms with Crippen LogP contribution in [0.2, 0.25) is 15.1 Å². The molecule has 9 nitrogen and oxygen atoms in total. The van der Waals surface area contributed by atoms with Gasteiger partial charge in [-0.1, -0.05) is 46.9 Å². The standard InChI is InChI=1S/C23H19Cl3N6O3S/c24-15-10-21(30-36(33,34)17-7-8-18(25)19(26)11-17)23(27-12-15)35-16-5-3-14(4-6-16)13-32-9-1-2-20-22(32)29-31-28-20/h3-8,10-12,30H,1-2,9,13H2,(H,28,29,31). The number of ether oxygens (including phenoxy) is 1. The Kier molecular flexibility index (Phi) is 6.94. The number of hydrogen-bond acceptors (Lipinski definition) is 7. The first-order valence-corrected chi connectivity index (χ1v) is 13.4. The molecule has 186 valence electrons. The van der Waals surface area contributed by atoms with Crippen molar-refractivity contribution in [2.24, 2.45) is 0 Å². The second-order valence-corrected chi connectivity index (χ2v) is 11.0. The predicted molar refractivity (Wildman–Crippen MR) is 139 cm³/mol. The lowest BCUT2D eigenvalue weighted by Crippen LogP contribution is -2.28. The maximum Gasteiger partial charge on any atom is 0.262 e. The van der Waals surface area contributed by atoms with Gasteiger partial charge in [0.1, 0.15) is 17.1 Å². The molecule has 1 aliphatic heterocycles. The Morgan fingerprint density at radius 2 is 1.83 bits per heavy atom. The van der Waals surface area contributed by atoms with Crippen LogP contribution in [0.15, 0.2) is 59.6 Å². The quantitative estimate of drug-likeness (QED) is 0.295. The van der Waals surface area contributed by atoms with E-state index in [4.69, 9.17) is 39.5 Å². The van der Waals surface area contributed by atoms with Crippen LogP contribution in [0.4, 0.5) is 11.5 Å². The maximum atomic E-state index is 12.9. The third-order valence-electron chi connectivity index (χ3n) is 5.51. The summed E-state index contributed by atoms with van der Waals surface area (Å²) in [6.45, 7) is 1.57. The van der Waals surface area contributed by atoms with E-state index in [1.807, 2.05) is 12.1 Å². The lowest BCUT2D eigenvalue weighted by Gasteiger charge is -2.26. The van der Waals surface area contributed by atoms with E-state index in [-0.39, 0.29) is 31.5 Å². The molecule has 0 bridgehead atoms. The van der Waals surface area contributed by atoms with Crippen LogP contribution in [-0.2, 0) is 23.0 Å². The summed E-state index contributed by atoms with van der Waals surface area (Å²) >= 11 is 18.0. The van der Waals surface area contributed by atoms with Crippen LogP contribution in [0.5, 0.6) is 11.6 Å². The number of nitrogens with one attached hydrogen (secondary N) is 2. The van der Waals surface area contributed by atoms with Crippen molar-refractivity contribution >= 4 is 56.3 Å². The molecule has 4 aromatic rings. The summed E-state index contributed by atoms with van der Waals surface area (Å²) < 4.78 is 34.2. The minimum absolute atomic E-state index is 0.0408. The molecule has 0 aliphatic carbocycles. The molecule has 0 spiro atoms. The van der Waals surface area contributed by atoms with Gasteiger partial charge in [-0.2, -0.15) is 10.3 Å². The highest BCUT2D eigenvalue weighted by molar-refractivity contribution is 7.92. The van der Waals surface area contributed by atoms with Gasteiger partial charge >= 0.3 is 0 Å². The number of rotatable bonds is 7. The number of H-pyrrole nitrogens is 1. The molecule has 0 unspecified atom stereocenters. The molecule has 2 aromatic heterocycles. The summed E-state index contributed by atoms with van der Waals surface area (Å²) in [5, 5.41) is 11.8. The number of aromatic amines is 1. The van der Waals surface area contributed by atoms with Crippen molar-refractivity contribution in [1.82, 2.24) is 20.4 Å². The number of aryl methyl sites for hydroxylation is 1. The number of hydrogen-bond donors (Lipinski definition) is 2. The van der Waals surface area contributed by atoms with Crippen LogP contribution in [0.25, 0.3) is 0 Å². The first-order valence-electron chi connectivity index (χ1n) is 10.8. The molecule has 2 aromatic carbocycles.